The summed E-state index contributed by atoms with van der Waals surface area (Å²) in [6.45, 7) is 0. The maximum Gasteiger partial charge on any atom is 0.0991 e. The molecule has 3 rings (SSSR count). The van der Waals surface area contributed by atoms with Crippen LogP contribution in [0.1, 0.15) is 5.56 Å². The Morgan fingerprint density at radius 1 is 1.00 bits per heavy atom. The van der Waals surface area contributed by atoms with Gasteiger partial charge in [0.25, 0.3) is 0 Å². The maximum atomic E-state index is 8.96. The smallest absolute Gasteiger partial charge is 0.0991 e. The van der Waals surface area contributed by atoms with Crippen LogP contribution in [-0.2, 0) is 0 Å². The number of fused-ring (bicyclic) bond motifs is 1. The van der Waals surface area contributed by atoms with Crippen LogP contribution in [0.25, 0.3) is 21.9 Å². The highest BCUT2D eigenvalue weighted by molar-refractivity contribution is 5.96. The minimum Gasteiger partial charge on any atom is -0.264 e. The number of aromatic nitrogens is 1. The zero-order valence-corrected chi connectivity index (χ0v) is 9.67. The van der Waals surface area contributed by atoms with Crippen molar-refractivity contribution in [3.63, 3.8) is 0 Å². The van der Waals surface area contributed by atoms with Crippen LogP contribution >= 0.6 is 0 Å². The largest absolute Gasteiger partial charge is 0.264 e. The van der Waals surface area contributed by atoms with E-state index in [1.807, 2.05) is 42.6 Å². The molecule has 0 aliphatic rings. The lowest BCUT2D eigenvalue weighted by Crippen LogP contribution is -1.83. The number of rotatable bonds is 1. The third-order valence-electron chi connectivity index (χ3n) is 2.99. The van der Waals surface area contributed by atoms with Gasteiger partial charge in [-0.25, -0.2) is 0 Å². The molecule has 0 bridgehead atoms. The second-order valence-electron chi connectivity index (χ2n) is 4.09. The second-order valence-corrected chi connectivity index (χ2v) is 4.09. The standard InChI is InChI=1S/C16H10N2/c17-10-12-3-1-5-14(9-12)15-6-2-4-13-7-8-18-11-16(13)15/h1-9,11H. The number of nitriles is 1. The molecule has 2 aromatic carbocycles. The van der Waals surface area contributed by atoms with Crippen molar-refractivity contribution in [2.75, 3.05) is 0 Å². The fraction of sp³-hybridized carbons (Fsp3) is 0. The first-order valence-corrected chi connectivity index (χ1v) is 5.72. The summed E-state index contributed by atoms with van der Waals surface area (Å²) >= 11 is 0. The van der Waals surface area contributed by atoms with Crippen LogP contribution in [0.4, 0.5) is 0 Å². The van der Waals surface area contributed by atoms with E-state index in [1.165, 1.54) is 0 Å². The Kier molecular flexibility index (Phi) is 2.51. The average Bonchev–Trinajstić information content (AvgIpc) is 2.47. The van der Waals surface area contributed by atoms with Crippen molar-refractivity contribution in [1.82, 2.24) is 4.98 Å². The van der Waals surface area contributed by atoms with E-state index in [-0.39, 0.29) is 0 Å². The molecule has 1 heterocycles. The molecule has 0 spiro atoms. The molecular weight excluding hydrogens is 220 g/mol. The Morgan fingerprint density at radius 2 is 1.89 bits per heavy atom. The minimum atomic E-state index is 0.674. The summed E-state index contributed by atoms with van der Waals surface area (Å²) in [6, 6.07) is 17.9. The van der Waals surface area contributed by atoms with E-state index >= 15 is 0 Å². The highest BCUT2D eigenvalue weighted by Crippen LogP contribution is 2.28. The van der Waals surface area contributed by atoms with Gasteiger partial charge in [-0.2, -0.15) is 5.26 Å². The van der Waals surface area contributed by atoms with E-state index in [1.54, 1.807) is 6.20 Å². The molecule has 84 valence electrons. The molecule has 0 atom stereocenters. The predicted molar refractivity (Wildman–Crippen MR) is 71.9 cm³/mol. The van der Waals surface area contributed by atoms with Gasteiger partial charge in [-0.3, -0.25) is 4.98 Å². The van der Waals surface area contributed by atoms with Gasteiger partial charge in [0.05, 0.1) is 11.6 Å². The highest BCUT2D eigenvalue weighted by atomic mass is 14.6. The molecule has 3 aromatic rings. The van der Waals surface area contributed by atoms with E-state index in [4.69, 9.17) is 5.26 Å². The van der Waals surface area contributed by atoms with Crippen molar-refractivity contribution in [2.45, 2.75) is 0 Å². The van der Waals surface area contributed by atoms with Crippen LogP contribution in [0.2, 0.25) is 0 Å². The first-order chi connectivity index (χ1) is 8.88. The molecule has 1 aromatic heterocycles. The molecule has 2 nitrogen and oxygen atoms in total. The zero-order chi connectivity index (χ0) is 12.4. The molecule has 18 heavy (non-hydrogen) atoms. The van der Waals surface area contributed by atoms with Gasteiger partial charge < -0.3 is 0 Å². The van der Waals surface area contributed by atoms with E-state index in [0.717, 1.165) is 21.9 Å². The van der Waals surface area contributed by atoms with Crippen LogP contribution in [-0.4, -0.2) is 4.98 Å². The van der Waals surface area contributed by atoms with E-state index in [2.05, 4.69) is 23.2 Å². The number of pyridine rings is 1. The Hall–Kier alpha value is -2.66. The fourth-order valence-corrected chi connectivity index (χ4v) is 2.12. The summed E-state index contributed by atoms with van der Waals surface area (Å²) in [6.07, 6.45) is 3.65. The van der Waals surface area contributed by atoms with Crippen molar-refractivity contribution in [3.8, 4) is 17.2 Å². The van der Waals surface area contributed by atoms with Crippen LogP contribution in [0.3, 0.4) is 0 Å². The molecule has 0 fully saturated rings. The van der Waals surface area contributed by atoms with Crippen molar-refractivity contribution < 1.29 is 0 Å². The van der Waals surface area contributed by atoms with Gasteiger partial charge in [0, 0.05) is 17.8 Å². The Labute approximate surface area is 105 Å². The van der Waals surface area contributed by atoms with Gasteiger partial charge in [-0.05, 0) is 34.7 Å². The molecule has 0 N–H and O–H groups in total. The number of benzene rings is 2. The number of hydrogen-bond acceptors (Lipinski definition) is 2. The van der Waals surface area contributed by atoms with Gasteiger partial charge in [0.1, 0.15) is 0 Å². The molecule has 0 aliphatic heterocycles. The van der Waals surface area contributed by atoms with Gasteiger partial charge in [0.2, 0.25) is 0 Å². The van der Waals surface area contributed by atoms with Crippen LogP contribution in [0, 0.1) is 11.3 Å². The predicted octanol–water partition coefficient (Wildman–Crippen LogP) is 3.77. The summed E-state index contributed by atoms with van der Waals surface area (Å²) < 4.78 is 0. The summed E-state index contributed by atoms with van der Waals surface area (Å²) in [5.74, 6) is 0. The van der Waals surface area contributed by atoms with E-state index in [0.29, 0.717) is 5.56 Å². The first-order valence-electron chi connectivity index (χ1n) is 5.72. The molecule has 0 amide bonds. The third kappa shape index (κ3) is 1.72. The van der Waals surface area contributed by atoms with Crippen molar-refractivity contribution >= 4 is 10.8 Å². The normalized spacial score (nSPS) is 10.2. The van der Waals surface area contributed by atoms with Crippen LogP contribution in [0.15, 0.2) is 60.9 Å². The lowest BCUT2D eigenvalue weighted by atomic mass is 9.98. The third-order valence-corrected chi connectivity index (χ3v) is 2.99. The van der Waals surface area contributed by atoms with Gasteiger partial charge in [-0.1, -0.05) is 30.3 Å². The Bertz CT molecular complexity index is 749. The molecule has 0 unspecified atom stereocenters. The highest BCUT2D eigenvalue weighted by Gasteiger charge is 2.04. The van der Waals surface area contributed by atoms with E-state index < -0.39 is 0 Å². The number of nitrogens with zero attached hydrogens (tertiary/aromatic N) is 2. The molecule has 0 saturated heterocycles. The minimum absolute atomic E-state index is 0.674. The molecular formula is C16H10N2. The summed E-state index contributed by atoms with van der Waals surface area (Å²) in [5, 5.41) is 11.2. The Balaban J connectivity index is 2.28. The summed E-state index contributed by atoms with van der Waals surface area (Å²) in [4.78, 5) is 4.18. The number of hydrogen-bond donors (Lipinski definition) is 0. The van der Waals surface area contributed by atoms with Crippen molar-refractivity contribution in [2.24, 2.45) is 0 Å². The van der Waals surface area contributed by atoms with Crippen molar-refractivity contribution in [1.29, 1.82) is 5.26 Å². The van der Waals surface area contributed by atoms with Crippen molar-refractivity contribution in [3.05, 3.63) is 66.5 Å². The fourth-order valence-electron chi connectivity index (χ4n) is 2.12. The monoisotopic (exact) mass is 230 g/mol. The van der Waals surface area contributed by atoms with Gasteiger partial charge >= 0.3 is 0 Å². The average molecular weight is 230 g/mol. The lowest BCUT2D eigenvalue weighted by molar-refractivity contribution is 1.36. The van der Waals surface area contributed by atoms with Crippen LogP contribution < -0.4 is 0 Å². The SMILES string of the molecule is N#Cc1cccc(-c2cccc3ccncc23)c1. The second kappa shape index (κ2) is 4.31. The summed E-state index contributed by atoms with van der Waals surface area (Å²) in [7, 11) is 0. The van der Waals surface area contributed by atoms with Gasteiger partial charge in [0.15, 0.2) is 0 Å². The van der Waals surface area contributed by atoms with Gasteiger partial charge in [-0.15, -0.1) is 0 Å². The Morgan fingerprint density at radius 3 is 2.78 bits per heavy atom. The molecule has 0 aliphatic carbocycles. The molecule has 2 heteroatoms. The zero-order valence-electron chi connectivity index (χ0n) is 9.67. The molecule has 0 saturated carbocycles. The topological polar surface area (TPSA) is 36.7 Å². The maximum absolute atomic E-state index is 8.96. The van der Waals surface area contributed by atoms with E-state index in [9.17, 15) is 0 Å². The quantitative estimate of drug-likeness (QED) is 0.638. The molecule has 0 radical (unpaired) electrons. The lowest BCUT2D eigenvalue weighted by Gasteiger charge is -2.06. The summed E-state index contributed by atoms with van der Waals surface area (Å²) in [5.41, 5.74) is 2.83. The first kappa shape index (κ1) is 10.5. The van der Waals surface area contributed by atoms with Crippen LogP contribution in [0.5, 0.6) is 0 Å².